The van der Waals surface area contributed by atoms with Crippen molar-refractivity contribution < 1.29 is 19.1 Å². The first-order valence-corrected chi connectivity index (χ1v) is 9.83. The van der Waals surface area contributed by atoms with E-state index in [4.69, 9.17) is 4.42 Å². The highest BCUT2D eigenvalue weighted by Crippen LogP contribution is 2.43. The summed E-state index contributed by atoms with van der Waals surface area (Å²) in [5, 5.41) is 11.3. The fourth-order valence-electron chi connectivity index (χ4n) is 3.85. The van der Waals surface area contributed by atoms with Crippen molar-refractivity contribution in [2.24, 2.45) is 0 Å². The van der Waals surface area contributed by atoms with Crippen LogP contribution < -0.4 is 4.90 Å². The van der Waals surface area contributed by atoms with Crippen LogP contribution in [0.5, 0.6) is 0 Å². The molecule has 1 N–H and O–H groups in total. The number of benzene rings is 2. The molecule has 1 atom stereocenters. The van der Waals surface area contributed by atoms with Gasteiger partial charge in [0.25, 0.3) is 5.91 Å². The van der Waals surface area contributed by atoms with Gasteiger partial charge in [-0.25, -0.2) is 0 Å². The number of hydrogen-bond donors (Lipinski definition) is 1. The zero-order valence-electron chi connectivity index (χ0n) is 17.0. The number of hydrogen-bond acceptors (Lipinski definition) is 4. The lowest BCUT2D eigenvalue weighted by Gasteiger charge is -2.23. The third kappa shape index (κ3) is 3.60. The van der Waals surface area contributed by atoms with E-state index in [0.29, 0.717) is 23.6 Å². The molecule has 0 spiro atoms. The zero-order valence-corrected chi connectivity index (χ0v) is 17.0. The molecule has 1 aromatic heterocycles. The first-order chi connectivity index (χ1) is 14.4. The van der Waals surface area contributed by atoms with Crippen molar-refractivity contribution in [2.75, 3.05) is 4.90 Å². The van der Waals surface area contributed by atoms with Gasteiger partial charge in [0.1, 0.15) is 5.76 Å². The average molecular weight is 401 g/mol. The molecule has 0 aliphatic carbocycles. The third-order valence-electron chi connectivity index (χ3n) is 5.48. The SMILES string of the molecule is Cc1ccc(C)c(CN2C(=O)[C@@](O)(CC(=O)/C=C\c3ccco3)c3ccccc32)c1. The molecule has 0 bridgehead atoms. The van der Waals surface area contributed by atoms with Gasteiger partial charge in [-0.3, -0.25) is 9.59 Å². The molecule has 1 aliphatic rings. The number of furan rings is 1. The Bertz CT molecular complexity index is 1130. The summed E-state index contributed by atoms with van der Waals surface area (Å²) in [5.41, 5.74) is 2.38. The highest BCUT2D eigenvalue weighted by atomic mass is 16.3. The van der Waals surface area contributed by atoms with E-state index in [9.17, 15) is 14.7 Å². The molecule has 2 heterocycles. The van der Waals surface area contributed by atoms with E-state index in [2.05, 4.69) is 0 Å². The fourth-order valence-corrected chi connectivity index (χ4v) is 3.85. The molecule has 0 radical (unpaired) electrons. The highest BCUT2D eigenvalue weighted by molar-refractivity contribution is 6.10. The Hall–Kier alpha value is -3.44. The summed E-state index contributed by atoms with van der Waals surface area (Å²) in [5.74, 6) is -0.306. The van der Waals surface area contributed by atoms with Gasteiger partial charge in [0.2, 0.25) is 0 Å². The Morgan fingerprint density at radius 3 is 2.70 bits per heavy atom. The van der Waals surface area contributed by atoms with Crippen LogP contribution in [0.25, 0.3) is 6.08 Å². The van der Waals surface area contributed by atoms with Gasteiger partial charge in [-0.15, -0.1) is 0 Å². The van der Waals surface area contributed by atoms with Crippen LogP contribution in [-0.2, 0) is 21.7 Å². The molecule has 2 aromatic carbocycles. The third-order valence-corrected chi connectivity index (χ3v) is 5.48. The van der Waals surface area contributed by atoms with E-state index in [1.165, 1.54) is 18.4 Å². The van der Waals surface area contributed by atoms with Crippen LogP contribution in [0.15, 0.2) is 71.4 Å². The minimum atomic E-state index is -1.89. The van der Waals surface area contributed by atoms with Crippen LogP contribution in [-0.4, -0.2) is 16.8 Å². The summed E-state index contributed by atoms with van der Waals surface area (Å²) in [4.78, 5) is 27.5. The maximum atomic E-state index is 13.3. The largest absolute Gasteiger partial charge is 0.465 e. The van der Waals surface area contributed by atoms with Crippen LogP contribution in [0.4, 0.5) is 5.69 Å². The normalized spacial score (nSPS) is 18.2. The second kappa shape index (κ2) is 7.76. The second-order valence-electron chi connectivity index (χ2n) is 7.69. The zero-order chi connectivity index (χ0) is 21.3. The minimum absolute atomic E-state index is 0.330. The quantitative estimate of drug-likeness (QED) is 0.625. The molecule has 0 fully saturated rings. The Kier molecular flexibility index (Phi) is 5.14. The lowest BCUT2D eigenvalue weighted by Crippen LogP contribution is -2.41. The van der Waals surface area contributed by atoms with E-state index in [0.717, 1.165) is 16.7 Å². The molecule has 1 amide bonds. The smallest absolute Gasteiger partial charge is 0.264 e. The summed E-state index contributed by atoms with van der Waals surface area (Å²) < 4.78 is 5.18. The molecule has 0 unspecified atom stereocenters. The van der Waals surface area contributed by atoms with Gasteiger partial charge in [-0.2, -0.15) is 0 Å². The predicted molar refractivity (Wildman–Crippen MR) is 115 cm³/mol. The minimum Gasteiger partial charge on any atom is -0.465 e. The molecule has 4 rings (SSSR count). The Morgan fingerprint density at radius 2 is 1.93 bits per heavy atom. The van der Waals surface area contributed by atoms with Crippen molar-refractivity contribution in [1.82, 2.24) is 0 Å². The van der Waals surface area contributed by atoms with E-state index in [1.54, 1.807) is 35.2 Å². The molecule has 152 valence electrons. The van der Waals surface area contributed by atoms with E-state index in [1.807, 2.05) is 38.1 Å². The number of carbonyl (C=O) groups is 2. The van der Waals surface area contributed by atoms with Gasteiger partial charge in [-0.05, 0) is 55.3 Å². The molecule has 3 aromatic rings. The first kappa shape index (κ1) is 19.9. The Morgan fingerprint density at radius 1 is 1.13 bits per heavy atom. The maximum Gasteiger partial charge on any atom is 0.264 e. The number of fused-ring (bicyclic) bond motifs is 1. The number of ketones is 1. The molecule has 0 saturated heterocycles. The van der Waals surface area contributed by atoms with Crippen LogP contribution >= 0.6 is 0 Å². The number of nitrogens with zero attached hydrogens (tertiary/aromatic N) is 1. The van der Waals surface area contributed by atoms with Crippen molar-refractivity contribution >= 4 is 23.5 Å². The van der Waals surface area contributed by atoms with E-state index >= 15 is 0 Å². The number of allylic oxidation sites excluding steroid dienone is 1. The predicted octanol–water partition coefficient (Wildman–Crippen LogP) is 4.30. The standard InChI is InChI=1S/C25H23NO4/c1-17-9-10-18(2)19(14-17)16-26-23-8-4-3-7-22(23)25(29,24(26)28)15-20(27)11-12-21-6-5-13-30-21/h3-14,29H,15-16H2,1-2H3/b12-11-/t25-/m1/s1. The molecule has 1 aliphatic heterocycles. The van der Waals surface area contributed by atoms with Crippen LogP contribution in [0.1, 0.15) is 34.4 Å². The van der Waals surface area contributed by atoms with Crippen molar-refractivity contribution in [3.8, 4) is 0 Å². The van der Waals surface area contributed by atoms with Gasteiger partial charge >= 0.3 is 0 Å². The van der Waals surface area contributed by atoms with Crippen LogP contribution in [0.2, 0.25) is 0 Å². The summed E-state index contributed by atoms with van der Waals surface area (Å²) in [6.45, 7) is 4.33. The van der Waals surface area contributed by atoms with Crippen molar-refractivity contribution in [1.29, 1.82) is 0 Å². The van der Waals surface area contributed by atoms with Crippen molar-refractivity contribution in [2.45, 2.75) is 32.4 Å². The maximum absolute atomic E-state index is 13.3. The summed E-state index contributed by atoms with van der Waals surface area (Å²) >= 11 is 0. The number of carbonyl (C=O) groups excluding carboxylic acids is 2. The Balaban J connectivity index is 1.63. The highest BCUT2D eigenvalue weighted by Gasteiger charge is 2.50. The van der Waals surface area contributed by atoms with E-state index in [-0.39, 0.29) is 12.2 Å². The lowest BCUT2D eigenvalue weighted by molar-refractivity contribution is -0.140. The summed E-state index contributed by atoms with van der Waals surface area (Å²) in [6, 6.07) is 16.6. The number of aliphatic hydroxyl groups is 1. The van der Waals surface area contributed by atoms with Gasteiger partial charge in [0, 0.05) is 5.56 Å². The van der Waals surface area contributed by atoms with Gasteiger partial charge in [-0.1, -0.05) is 42.0 Å². The number of anilines is 1. The molecular formula is C25H23NO4. The van der Waals surface area contributed by atoms with Gasteiger partial charge < -0.3 is 14.4 Å². The lowest BCUT2D eigenvalue weighted by atomic mass is 9.90. The van der Waals surface area contributed by atoms with Gasteiger partial charge in [0.05, 0.1) is 24.9 Å². The van der Waals surface area contributed by atoms with Crippen molar-refractivity contribution in [3.63, 3.8) is 0 Å². The molecule has 0 saturated carbocycles. The number of aryl methyl sites for hydroxylation is 2. The average Bonchev–Trinajstić information content (AvgIpc) is 3.32. The molecule has 5 heteroatoms. The number of amides is 1. The van der Waals surface area contributed by atoms with E-state index < -0.39 is 11.5 Å². The second-order valence-corrected chi connectivity index (χ2v) is 7.69. The van der Waals surface area contributed by atoms with Crippen LogP contribution in [0, 0.1) is 13.8 Å². The summed E-state index contributed by atoms with van der Waals surface area (Å²) in [6.07, 6.45) is 4.05. The summed E-state index contributed by atoms with van der Waals surface area (Å²) in [7, 11) is 0. The van der Waals surface area contributed by atoms with Crippen LogP contribution in [0.3, 0.4) is 0 Å². The molecule has 30 heavy (non-hydrogen) atoms. The van der Waals surface area contributed by atoms with Crippen molar-refractivity contribution in [3.05, 3.63) is 95.0 Å². The molecular weight excluding hydrogens is 378 g/mol. The number of rotatable bonds is 6. The number of para-hydroxylation sites is 1. The van der Waals surface area contributed by atoms with Gasteiger partial charge in [0.15, 0.2) is 11.4 Å². The monoisotopic (exact) mass is 401 g/mol. The first-order valence-electron chi connectivity index (χ1n) is 9.83. The Labute approximate surface area is 175 Å². The fraction of sp³-hybridized carbons (Fsp3) is 0.200. The molecule has 5 nitrogen and oxygen atoms in total. The topological polar surface area (TPSA) is 70.8 Å².